The highest BCUT2D eigenvalue weighted by atomic mass is 16.5. The standard InChI is InChI=1S/C22H22N2O5/c1-3-18(21(27)23-14(2)15-9-5-4-6-10-15)29-19(25)13-24-17-12-8-7-11-16(17)20(26)22(24)28/h4-12,14,18H,3,13H2,1-2H3,(H,23,27). The molecule has 0 radical (unpaired) electrons. The van der Waals surface area contributed by atoms with Crippen LogP contribution in [0.15, 0.2) is 54.6 Å². The lowest BCUT2D eigenvalue weighted by Gasteiger charge is -2.21. The summed E-state index contributed by atoms with van der Waals surface area (Å²) in [4.78, 5) is 50.2. The maximum atomic E-state index is 12.5. The number of amides is 2. The SMILES string of the molecule is CCC(OC(=O)CN1C(=O)C(=O)c2ccccc21)C(=O)NC(C)c1ccccc1. The van der Waals surface area contributed by atoms with E-state index in [9.17, 15) is 19.2 Å². The number of esters is 1. The topological polar surface area (TPSA) is 92.8 Å². The Morgan fingerprint density at radius 3 is 2.38 bits per heavy atom. The number of hydrogen-bond donors (Lipinski definition) is 1. The first-order valence-corrected chi connectivity index (χ1v) is 9.42. The predicted octanol–water partition coefficient (Wildman–Crippen LogP) is 2.42. The Hall–Kier alpha value is -3.48. The summed E-state index contributed by atoms with van der Waals surface area (Å²) in [5.74, 6) is -2.60. The van der Waals surface area contributed by atoms with Crippen molar-refractivity contribution < 1.29 is 23.9 Å². The molecular formula is C22H22N2O5. The van der Waals surface area contributed by atoms with E-state index >= 15 is 0 Å². The lowest BCUT2D eigenvalue weighted by molar-refractivity contribution is -0.155. The maximum absolute atomic E-state index is 12.5. The lowest BCUT2D eigenvalue weighted by atomic mass is 10.1. The molecule has 2 aromatic rings. The number of hydrogen-bond acceptors (Lipinski definition) is 5. The highest BCUT2D eigenvalue weighted by Gasteiger charge is 2.37. The average molecular weight is 394 g/mol. The molecule has 150 valence electrons. The van der Waals surface area contributed by atoms with Gasteiger partial charge in [0, 0.05) is 0 Å². The van der Waals surface area contributed by atoms with Gasteiger partial charge in [-0.1, -0.05) is 49.4 Å². The van der Waals surface area contributed by atoms with Gasteiger partial charge in [-0.2, -0.15) is 0 Å². The van der Waals surface area contributed by atoms with E-state index in [1.165, 1.54) is 6.07 Å². The third kappa shape index (κ3) is 4.34. The summed E-state index contributed by atoms with van der Waals surface area (Å²) in [5, 5.41) is 2.83. The first kappa shape index (κ1) is 20.3. The minimum Gasteiger partial charge on any atom is -0.451 e. The van der Waals surface area contributed by atoms with Gasteiger partial charge >= 0.3 is 5.97 Å². The van der Waals surface area contributed by atoms with Crippen molar-refractivity contribution in [1.29, 1.82) is 0 Å². The molecular weight excluding hydrogens is 372 g/mol. The van der Waals surface area contributed by atoms with Gasteiger partial charge < -0.3 is 10.1 Å². The molecule has 1 aliphatic heterocycles. The van der Waals surface area contributed by atoms with Crippen LogP contribution in [0.5, 0.6) is 0 Å². The molecule has 0 saturated heterocycles. The van der Waals surface area contributed by atoms with Gasteiger partial charge in [0.1, 0.15) is 6.54 Å². The third-order valence-electron chi connectivity index (χ3n) is 4.76. The van der Waals surface area contributed by atoms with Crippen molar-refractivity contribution in [2.75, 3.05) is 11.4 Å². The molecule has 0 bridgehead atoms. The van der Waals surface area contributed by atoms with E-state index in [0.29, 0.717) is 5.69 Å². The zero-order valence-corrected chi connectivity index (χ0v) is 16.3. The summed E-state index contributed by atoms with van der Waals surface area (Å²) in [7, 11) is 0. The van der Waals surface area contributed by atoms with Crippen molar-refractivity contribution in [2.45, 2.75) is 32.4 Å². The lowest BCUT2D eigenvalue weighted by Crippen LogP contribution is -2.42. The first-order chi connectivity index (χ1) is 13.9. The molecule has 0 aliphatic carbocycles. The Labute approximate surface area is 168 Å². The Morgan fingerprint density at radius 1 is 1.03 bits per heavy atom. The fraction of sp³-hybridized carbons (Fsp3) is 0.273. The highest BCUT2D eigenvalue weighted by molar-refractivity contribution is 6.52. The summed E-state index contributed by atoms with van der Waals surface area (Å²) in [5.41, 5.74) is 1.56. The van der Waals surface area contributed by atoms with Gasteiger partial charge in [0.2, 0.25) is 0 Å². The summed E-state index contributed by atoms with van der Waals surface area (Å²) in [6.07, 6.45) is -0.708. The van der Waals surface area contributed by atoms with Crippen LogP contribution in [0.4, 0.5) is 5.69 Å². The summed E-state index contributed by atoms with van der Waals surface area (Å²) >= 11 is 0. The van der Waals surface area contributed by atoms with Crippen LogP contribution in [0.1, 0.15) is 42.2 Å². The van der Waals surface area contributed by atoms with Gasteiger partial charge in [0.25, 0.3) is 17.6 Å². The second kappa shape index (κ2) is 8.68. The van der Waals surface area contributed by atoms with Gasteiger partial charge in [-0.05, 0) is 31.0 Å². The first-order valence-electron chi connectivity index (χ1n) is 9.42. The van der Waals surface area contributed by atoms with E-state index < -0.39 is 36.2 Å². The van der Waals surface area contributed by atoms with Crippen LogP contribution in [0.3, 0.4) is 0 Å². The molecule has 2 unspecified atom stereocenters. The fourth-order valence-electron chi connectivity index (χ4n) is 3.18. The van der Waals surface area contributed by atoms with E-state index in [4.69, 9.17) is 4.74 Å². The quantitative estimate of drug-likeness (QED) is 0.575. The second-order valence-electron chi connectivity index (χ2n) is 6.77. The fourth-order valence-corrected chi connectivity index (χ4v) is 3.18. The molecule has 1 N–H and O–H groups in total. The number of benzene rings is 2. The molecule has 7 nitrogen and oxygen atoms in total. The number of para-hydroxylation sites is 1. The van der Waals surface area contributed by atoms with Crippen LogP contribution in [-0.2, 0) is 19.1 Å². The number of carbonyl (C=O) groups is 4. The van der Waals surface area contributed by atoms with E-state index in [0.717, 1.165) is 10.5 Å². The molecule has 0 fully saturated rings. The zero-order valence-electron chi connectivity index (χ0n) is 16.3. The minimum absolute atomic E-state index is 0.249. The van der Waals surface area contributed by atoms with Gasteiger partial charge in [0.15, 0.2) is 6.10 Å². The largest absolute Gasteiger partial charge is 0.451 e. The molecule has 2 aromatic carbocycles. The van der Waals surface area contributed by atoms with Crippen LogP contribution in [-0.4, -0.2) is 36.2 Å². The van der Waals surface area contributed by atoms with Crippen molar-refractivity contribution in [2.24, 2.45) is 0 Å². The predicted molar refractivity (Wildman–Crippen MR) is 106 cm³/mol. The smallest absolute Gasteiger partial charge is 0.326 e. The van der Waals surface area contributed by atoms with Crippen LogP contribution in [0, 0.1) is 0 Å². The summed E-state index contributed by atoms with van der Waals surface area (Å²) < 4.78 is 5.30. The van der Waals surface area contributed by atoms with E-state index in [-0.39, 0.29) is 18.0 Å². The molecule has 0 saturated carbocycles. The molecule has 1 aliphatic rings. The van der Waals surface area contributed by atoms with Crippen LogP contribution in [0.2, 0.25) is 0 Å². The molecule has 29 heavy (non-hydrogen) atoms. The Morgan fingerprint density at radius 2 is 1.69 bits per heavy atom. The van der Waals surface area contributed by atoms with E-state index in [1.807, 2.05) is 37.3 Å². The van der Waals surface area contributed by atoms with E-state index in [2.05, 4.69) is 5.32 Å². The zero-order chi connectivity index (χ0) is 21.0. The summed E-state index contributed by atoms with van der Waals surface area (Å²) in [6.45, 7) is 3.14. The van der Waals surface area contributed by atoms with Gasteiger partial charge in [0.05, 0.1) is 17.3 Å². The number of rotatable bonds is 7. The molecule has 7 heteroatoms. The van der Waals surface area contributed by atoms with Crippen molar-refractivity contribution in [3.05, 3.63) is 65.7 Å². The van der Waals surface area contributed by atoms with Crippen molar-refractivity contribution in [3.8, 4) is 0 Å². The Kier molecular flexibility index (Phi) is 6.07. The number of carbonyl (C=O) groups excluding carboxylic acids is 4. The van der Waals surface area contributed by atoms with Crippen LogP contribution >= 0.6 is 0 Å². The number of fused-ring (bicyclic) bond motifs is 1. The van der Waals surface area contributed by atoms with Crippen molar-refractivity contribution in [3.63, 3.8) is 0 Å². The van der Waals surface area contributed by atoms with Crippen LogP contribution < -0.4 is 10.2 Å². The maximum Gasteiger partial charge on any atom is 0.326 e. The average Bonchev–Trinajstić information content (AvgIpc) is 2.97. The van der Waals surface area contributed by atoms with Gasteiger partial charge in [-0.3, -0.25) is 24.1 Å². The number of ether oxygens (including phenoxy) is 1. The highest BCUT2D eigenvalue weighted by Crippen LogP contribution is 2.28. The van der Waals surface area contributed by atoms with Crippen molar-refractivity contribution >= 4 is 29.3 Å². The summed E-state index contributed by atoms with van der Waals surface area (Å²) in [6, 6.07) is 15.6. The van der Waals surface area contributed by atoms with E-state index in [1.54, 1.807) is 25.1 Å². The van der Waals surface area contributed by atoms with Gasteiger partial charge in [-0.15, -0.1) is 0 Å². The molecule has 0 spiro atoms. The number of nitrogens with one attached hydrogen (secondary N) is 1. The molecule has 0 aromatic heterocycles. The molecule has 2 amide bonds. The number of Topliss-reactive ketones (excluding diaryl/α,β-unsaturated/α-hetero) is 1. The molecule has 2 atom stereocenters. The number of nitrogens with zero attached hydrogens (tertiary/aromatic N) is 1. The monoisotopic (exact) mass is 394 g/mol. The number of anilines is 1. The Bertz CT molecular complexity index is 941. The molecule has 1 heterocycles. The molecule has 3 rings (SSSR count). The van der Waals surface area contributed by atoms with Crippen molar-refractivity contribution in [1.82, 2.24) is 5.32 Å². The second-order valence-corrected chi connectivity index (χ2v) is 6.77. The number of ketones is 1. The third-order valence-corrected chi connectivity index (χ3v) is 4.76. The van der Waals surface area contributed by atoms with Crippen LogP contribution in [0.25, 0.3) is 0 Å². The van der Waals surface area contributed by atoms with Gasteiger partial charge in [-0.25, -0.2) is 0 Å². The normalized spacial score (nSPS) is 14.9. The Balaban J connectivity index is 1.62. The minimum atomic E-state index is -0.989.